The number of Topliss-reactive ketones (excluding diaryl/α,β-unsaturated/α-hetero) is 1. The number of aromatic nitrogens is 2. The number of benzene rings is 2. The Morgan fingerprint density at radius 2 is 1.93 bits per heavy atom. The van der Waals surface area contributed by atoms with Crippen LogP contribution in [0.4, 0.5) is 5.69 Å². The molecule has 0 aliphatic carbocycles. The molecule has 0 unspecified atom stereocenters. The molecule has 150 valence electrons. The molecule has 0 aliphatic heterocycles. The molecule has 3 rings (SSSR count). The Balaban J connectivity index is 1.63. The molecular formula is C20H19N3O5S. The Bertz CT molecular complexity index is 1030. The van der Waals surface area contributed by atoms with Crippen molar-refractivity contribution in [2.24, 2.45) is 0 Å². The van der Waals surface area contributed by atoms with Crippen LogP contribution in [0.2, 0.25) is 0 Å². The number of nitrogens with one attached hydrogen (secondary N) is 1. The first-order valence-corrected chi connectivity index (χ1v) is 9.58. The van der Waals surface area contributed by atoms with Crippen LogP contribution in [-0.4, -0.2) is 41.9 Å². The van der Waals surface area contributed by atoms with Crippen LogP contribution < -0.4 is 14.8 Å². The Morgan fingerprint density at radius 1 is 1.10 bits per heavy atom. The maximum absolute atomic E-state index is 12.2. The molecule has 0 bridgehead atoms. The molecule has 0 saturated carbocycles. The molecule has 1 aromatic heterocycles. The highest BCUT2D eigenvalue weighted by molar-refractivity contribution is 7.99. The summed E-state index contributed by atoms with van der Waals surface area (Å²) in [6.07, 6.45) is 0. The first kappa shape index (κ1) is 20.4. The second-order valence-corrected chi connectivity index (χ2v) is 6.84. The maximum atomic E-state index is 12.2. The van der Waals surface area contributed by atoms with E-state index in [1.807, 2.05) is 0 Å². The van der Waals surface area contributed by atoms with Crippen molar-refractivity contribution in [3.63, 3.8) is 0 Å². The first-order chi connectivity index (χ1) is 14.0. The fourth-order valence-electron chi connectivity index (χ4n) is 2.49. The molecule has 9 heteroatoms. The molecule has 1 N–H and O–H groups in total. The highest BCUT2D eigenvalue weighted by Crippen LogP contribution is 2.33. The molecule has 0 fully saturated rings. The lowest BCUT2D eigenvalue weighted by Gasteiger charge is -2.07. The third-order valence-corrected chi connectivity index (χ3v) is 4.74. The van der Waals surface area contributed by atoms with E-state index >= 15 is 0 Å². The normalized spacial score (nSPS) is 10.4. The van der Waals surface area contributed by atoms with Gasteiger partial charge in [0.1, 0.15) is 11.5 Å². The third-order valence-electron chi connectivity index (χ3n) is 3.93. The minimum atomic E-state index is -0.252. The molecular weight excluding hydrogens is 394 g/mol. The highest BCUT2D eigenvalue weighted by atomic mass is 32.2. The van der Waals surface area contributed by atoms with E-state index in [1.54, 1.807) is 49.6 Å². The summed E-state index contributed by atoms with van der Waals surface area (Å²) in [5.74, 6) is 1.21. The Morgan fingerprint density at radius 3 is 2.66 bits per heavy atom. The lowest BCUT2D eigenvalue weighted by Crippen LogP contribution is -2.14. The van der Waals surface area contributed by atoms with E-state index in [-0.39, 0.29) is 28.6 Å². The van der Waals surface area contributed by atoms with Crippen molar-refractivity contribution in [1.82, 2.24) is 10.2 Å². The summed E-state index contributed by atoms with van der Waals surface area (Å²) in [6, 6.07) is 12.0. The van der Waals surface area contributed by atoms with Gasteiger partial charge >= 0.3 is 0 Å². The van der Waals surface area contributed by atoms with E-state index in [9.17, 15) is 9.59 Å². The van der Waals surface area contributed by atoms with Gasteiger partial charge < -0.3 is 19.2 Å². The van der Waals surface area contributed by atoms with Crippen LogP contribution in [0.3, 0.4) is 0 Å². The van der Waals surface area contributed by atoms with Gasteiger partial charge in [0, 0.05) is 17.3 Å². The standard InChI is InChI=1S/C20H19N3O5S/c1-12(24)13-5-4-6-14(9-13)21-18(25)11-29-20-23-22-19(28-20)16-8-7-15(26-2)10-17(16)27-3/h4-10H,11H2,1-3H3,(H,21,25). The predicted octanol–water partition coefficient (Wildman–Crippen LogP) is 3.69. The van der Waals surface area contributed by atoms with Gasteiger partial charge in [-0.1, -0.05) is 23.9 Å². The quantitative estimate of drug-likeness (QED) is 0.440. The van der Waals surface area contributed by atoms with E-state index in [0.717, 1.165) is 11.8 Å². The maximum Gasteiger partial charge on any atom is 0.277 e. The molecule has 1 heterocycles. The number of thioether (sulfide) groups is 1. The van der Waals surface area contributed by atoms with Gasteiger partial charge in [0.05, 0.1) is 25.5 Å². The largest absolute Gasteiger partial charge is 0.497 e. The zero-order chi connectivity index (χ0) is 20.8. The molecule has 29 heavy (non-hydrogen) atoms. The Kier molecular flexibility index (Phi) is 6.50. The van der Waals surface area contributed by atoms with Gasteiger partial charge in [0.15, 0.2) is 5.78 Å². The summed E-state index contributed by atoms with van der Waals surface area (Å²) in [5.41, 5.74) is 1.71. The van der Waals surface area contributed by atoms with Gasteiger partial charge in [-0.15, -0.1) is 10.2 Å². The van der Waals surface area contributed by atoms with Crippen LogP contribution in [0.25, 0.3) is 11.5 Å². The minimum absolute atomic E-state index is 0.0668. The van der Waals surface area contributed by atoms with Crippen molar-refractivity contribution in [1.29, 1.82) is 0 Å². The first-order valence-electron chi connectivity index (χ1n) is 8.59. The van der Waals surface area contributed by atoms with Crippen molar-refractivity contribution < 1.29 is 23.5 Å². The zero-order valence-corrected chi connectivity index (χ0v) is 16.9. The average Bonchev–Trinajstić information content (AvgIpc) is 3.20. The van der Waals surface area contributed by atoms with Gasteiger partial charge in [0.2, 0.25) is 5.91 Å². The smallest absolute Gasteiger partial charge is 0.277 e. The lowest BCUT2D eigenvalue weighted by molar-refractivity contribution is -0.113. The predicted molar refractivity (Wildman–Crippen MR) is 109 cm³/mol. The molecule has 0 aliphatic rings. The molecule has 3 aromatic rings. The van der Waals surface area contributed by atoms with Gasteiger partial charge in [-0.05, 0) is 31.2 Å². The third kappa shape index (κ3) is 5.14. The van der Waals surface area contributed by atoms with E-state index in [1.165, 1.54) is 14.0 Å². The molecule has 0 radical (unpaired) electrons. The number of ether oxygens (including phenoxy) is 2. The lowest BCUT2D eigenvalue weighted by atomic mass is 10.1. The van der Waals surface area contributed by atoms with E-state index in [0.29, 0.717) is 28.3 Å². The molecule has 0 spiro atoms. The van der Waals surface area contributed by atoms with E-state index in [2.05, 4.69) is 15.5 Å². The van der Waals surface area contributed by atoms with Gasteiger partial charge in [0.25, 0.3) is 11.1 Å². The average molecular weight is 413 g/mol. The fourth-order valence-corrected chi connectivity index (χ4v) is 3.06. The van der Waals surface area contributed by atoms with Crippen LogP contribution >= 0.6 is 11.8 Å². The zero-order valence-electron chi connectivity index (χ0n) is 16.1. The van der Waals surface area contributed by atoms with Crippen molar-refractivity contribution >= 4 is 29.1 Å². The fraction of sp³-hybridized carbons (Fsp3) is 0.200. The van der Waals surface area contributed by atoms with Gasteiger partial charge in [-0.2, -0.15) is 0 Å². The topological polar surface area (TPSA) is 104 Å². The number of carbonyl (C=O) groups excluding carboxylic acids is 2. The Hall–Kier alpha value is -3.33. The van der Waals surface area contributed by atoms with Gasteiger partial charge in [-0.3, -0.25) is 9.59 Å². The monoisotopic (exact) mass is 413 g/mol. The van der Waals surface area contributed by atoms with Crippen LogP contribution in [0.1, 0.15) is 17.3 Å². The number of anilines is 1. The summed E-state index contributed by atoms with van der Waals surface area (Å²) in [6.45, 7) is 1.47. The van der Waals surface area contributed by atoms with Crippen LogP contribution in [-0.2, 0) is 4.79 Å². The van der Waals surface area contributed by atoms with Crippen molar-refractivity contribution in [2.75, 3.05) is 25.3 Å². The number of nitrogens with zero attached hydrogens (tertiary/aromatic N) is 2. The summed E-state index contributed by atoms with van der Waals surface area (Å²) in [4.78, 5) is 23.6. The van der Waals surface area contributed by atoms with Crippen molar-refractivity contribution in [3.05, 3.63) is 48.0 Å². The molecule has 1 amide bonds. The number of ketones is 1. The van der Waals surface area contributed by atoms with Gasteiger partial charge in [-0.25, -0.2) is 0 Å². The number of amides is 1. The van der Waals surface area contributed by atoms with Crippen LogP contribution in [0.5, 0.6) is 11.5 Å². The SMILES string of the molecule is COc1ccc(-c2nnc(SCC(=O)Nc3cccc(C(C)=O)c3)o2)c(OC)c1. The molecule has 8 nitrogen and oxygen atoms in total. The Labute approximate surface area is 171 Å². The summed E-state index contributed by atoms with van der Waals surface area (Å²) < 4.78 is 16.1. The number of rotatable bonds is 8. The number of methoxy groups -OCH3 is 2. The van der Waals surface area contributed by atoms with E-state index in [4.69, 9.17) is 13.9 Å². The summed E-state index contributed by atoms with van der Waals surface area (Å²) in [7, 11) is 3.10. The molecule has 0 saturated heterocycles. The molecule has 2 aromatic carbocycles. The van der Waals surface area contributed by atoms with Crippen LogP contribution in [0.15, 0.2) is 52.1 Å². The van der Waals surface area contributed by atoms with E-state index < -0.39 is 0 Å². The highest BCUT2D eigenvalue weighted by Gasteiger charge is 2.16. The minimum Gasteiger partial charge on any atom is -0.497 e. The van der Waals surface area contributed by atoms with Crippen molar-refractivity contribution in [2.45, 2.75) is 12.1 Å². The second-order valence-electron chi connectivity index (χ2n) is 5.91. The van der Waals surface area contributed by atoms with Crippen molar-refractivity contribution in [3.8, 4) is 23.0 Å². The number of hydrogen-bond acceptors (Lipinski definition) is 8. The second kappa shape index (κ2) is 9.24. The number of hydrogen-bond donors (Lipinski definition) is 1. The summed E-state index contributed by atoms with van der Waals surface area (Å²) in [5, 5.41) is 11.0. The molecule has 0 atom stereocenters. The number of carbonyl (C=O) groups is 2. The summed E-state index contributed by atoms with van der Waals surface area (Å²) >= 11 is 1.11. The van der Waals surface area contributed by atoms with Crippen LogP contribution in [0, 0.1) is 0 Å².